The summed E-state index contributed by atoms with van der Waals surface area (Å²) in [6, 6.07) is 24.0. The summed E-state index contributed by atoms with van der Waals surface area (Å²) in [7, 11) is 0. The van der Waals surface area contributed by atoms with E-state index in [1.165, 1.54) is 5.56 Å². The van der Waals surface area contributed by atoms with Gasteiger partial charge >= 0.3 is 6.92 Å². The standard InChI is InChI=1S/C22H23BClNO2/c1-17-7-10-19(11-8-17)23(27-14-13-25)20-12-9-18(22(24)15-20)16-26-21-5-3-2-4-6-21/h2-12,15H,13-14,16,25H2,1H3. The minimum absolute atomic E-state index is 0.198. The molecule has 3 aromatic rings. The fraction of sp³-hybridized carbons (Fsp3) is 0.182. The summed E-state index contributed by atoms with van der Waals surface area (Å²) >= 11 is 6.53. The van der Waals surface area contributed by atoms with Crippen molar-refractivity contribution in [2.75, 3.05) is 13.2 Å². The first-order valence-corrected chi connectivity index (χ1v) is 9.39. The SMILES string of the molecule is Cc1ccc(B(OCCN)c2ccc(COc3ccccc3)c(Cl)c2)cc1. The highest BCUT2D eigenvalue weighted by Gasteiger charge is 2.22. The second kappa shape index (κ2) is 9.61. The van der Waals surface area contributed by atoms with E-state index < -0.39 is 0 Å². The van der Waals surface area contributed by atoms with E-state index in [1.807, 2.05) is 48.5 Å². The van der Waals surface area contributed by atoms with Crippen molar-refractivity contribution in [3.8, 4) is 5.75 Å². The minimum atomic E-state index is -0.198. The van der Waals surface area contributed by atoms with Crippen molar-refractivity contribution < 1.29 is 9.39 Å². The maximum atomic E-state index is 6.53. The molecule has 0 aliphatic heterocycles. The van der Waals surface area contributed by atoms with Gasteiger partial charge in [-0.1, -0.05) is 71.8 Å². The highest BCUT2D eigenvalue weighted by atomic mass is 35.5. The van der Waals surface area contributed by atoms with E-state index in [-0.39, 0.29) is 6.92 Å². The second-order valence-corrected chi connectivity index (χ2v) is 6.81. The van der Waals surface area contributed by atoms with Crippen molar-refractivity contribution in [3.63, 3.8) is 0 Å². The lowest BCUT2D eigenvalue weighted by Crippen LogP contribution is -2.46. The summed E-state index contributed by atoms with van der Waals surface area (Å²) in [6.45, 7) is 3.24. The molecule has 0 saturated heterocycles. The number of hydrogen-bond acceptors (Lipinski definition) is 3. The largest absolute Gasteiger partial charge is 0.489 e. The van der Waals surface area contributed by atoms with Crippen LogP contribution in [0.4, 0.5) is 0 Å². The molecule has 3 nitrogen and oxygen atoms in total. The van der Waals surface area contributed by atoms with Crippen LogP contribution in [-0.4, -0.2) is 20.1 Å². The number of aryl methyl sites for hydroxylation is 1. The average Bonchev–Trinajstić information content (AvgIpc) is 2.69. The lowest BCUT2D eigenvalue weighted by atomic mass is 9.55. The molecule has 0 heterocycles. The molecule has 3 aromatic carbocycles. The maximum Gasteiger partial charge on any atom is 0.361 e. The zero-order valence-corrected chi connectivity index (χ0v) is 16.2. The maximum absolute atomic E-state index is 6.53. The quantitative estimate of drug-likeness (QED) is 0.611. The number of para-hydroxylation sites is 1. The van der Waals surface area contributed by atoms with Crippen molar-refractivity contribution in [3.05, 3.63) is 88.9 Å². The van der Waals surface area contributed by atoms with Crippen LogP contribution >= 0.6 is 11.6 Å². The Morgan fingerprint density at radius 2 is 1.63 bits per heavy atom. The van der Waals surface area contributed by atoms with Gasteiger partial charge in [0, 0.05) is 23.7 Å². The molecule has 0 unspecified atom stereocenters. The highest BCUT2D eigenvalue weighted by Crippen LogP contribution is 2.18. The van der Waals surface area contributed by atoms with Gasteiger partial charge in [0.05, 0.1) is 0 Å². The fourth-order valence-electron chi connectivity index (χ4n) is 2.83. The number of hydrogen-bond donors (Lipinski definition) is 1. The van der Waals surface area contributed by atoms with Crippen LogP contribution in [0.1, 0.15) is 11.1 Å². The number of halogens is 1. The second-order valence-electron chi connectivity index (χ2n) is 6.40. The van der Waals surface area contributed by atoms with Gasteiger partial charge < -0.3 is 15.1 Å². The van der Waals surface area contributed by atoms with E-state index in [0.717, 1.165) is 22.2 Å². The third kappa shape index (κ3) is 5.36. The first kappa shape index (κ1) is 19.5. The molecule has 0 fully saturated rings. The van der Waals surface area contributed by atoms with Gasteiger partial charge in [-0.2, -0.15) is 0 Å². The summed E-state index contributed by atoms with van der Waals surface area (Å²) in [5, 5.41) is 0.664. The smallest absolute Gasteiger partial charge is 0.361 e. The third-order valence-electron chi connectivity index (χ3n) is 4.30. The summed E-state index contributed by atoms with van der Waals surface area (Å²) in [5.74, 6) is 0.821. The summed E-state index contributed by atoms with van der Waals surface area (Å²) in [5.41, 5.74) is 9.87. The molecule has 0 saturated carbocycles. The molecule has 0 aliphatic rings. The monoisotopic (exact) mass is 379 g/mol. The van der Waals surface area contributed by atoms with Crippen LogP contribution in [0.25, 0.3) is 0 Å². The third-order valence-corrected chi connectivity index (χ3v) is 4.65. The lowest BCUT2D eigenvalue weighted by molar-refractivity contribution is 0.306. The van der Waals surface area contributed by atoms with E-state index in [0.29, 0.717) is 24.8 Å². The molecule has 3 rings (SSSR count). The zero-order valence-electron chi connectivity index (χ0n) is 15.4. The molecule has 0 atom stereocenters. The van der Waals surface area contributed by atoms with Crippen LogP contribution in [0.2, 0.25) is 5.02 Å². The van der Waals surface area contributed by atoms with E-state index in [9.17, 15) is 0 Å². The van der Waals surface area contributed by atoms with E-state index in [4.69, 9.17) is 26.7 Å². The Kier molecular flexibility index (Phi) is 6.94. The Morgan fingerprint density at radius 3 is 2.30 bits per heavy atom. The van der Waals surface area contributed by atoms with Gasteiger partial charge in [-0.05, 0) is 36.0 Å². The molecule has 138 valence electrons. The van der Waals surface area contributed by atoms with E-state index in [1.54, 1.807) is 0 Å². The van der Waals surface area contributed by atoms with Gasteiger partial charge in [-0.3, -0.25) is 0 Å². The first-order valence-electron chi connectivity index (χ1n) is 9.02. The molecule has 0 aliphatic carbocycles. The van der Waals surface area contributed by atoms with Gasteiger partial charge in [-0.15, -0.1) is 0 Å². The van der Waals surface area contributed by atoms with Crippen LogP contribution in [0.5, 0.6) is 5.75 Å². The number of benzene rings is 3. The normalized spacial score (nSPS) is 10.6. The van der Waals surface area contributed by atoms with E-state index >= 15 is 0 Å². The Morgan fingerprint density at radius 1 is 0.926 bits per heavy atom. The van der Waals surface area contributed by atoms with E-state index in [2.05, 4.69) is 31.2 Å². The molecule has 0 bridgehead atoms. The molecule has 0 amide bonds. The first-order chi connectivity index (χ1) is 13.2. The van der Waals surface area contributed by atoms with Crippen molar-refractivity contribution in [2.45, 2.75) is 13.5 Å². The van der Waals surface area contributed by atoms with Gasteiger partial charge in [0.15, 0.2) is 0 Å². The molecule has 0 radical (unpaired) electrons. The van der Waals surface area contributed by atoms with Crippen molar-refractivity contribution in [1.82, 2.24) is 0 Å². The molecular formula is C22H23BClNO2. The van der Waals surface area contributed by atoms with Crippen molar-refractivity contribution >= 4 is 29.4 Å². The van der Waals surface area contributed by atoms with Crippen LogP contribution in [0.3, 0.4) is 0 Å². The number of ether oxygens (including phenoxy) is 1. The predicted molar refractivity (Wildman–Crippen MR) is 113 cm³/mol. The topological polar surface area (TPSA) is 44.5 Å². The van der Waals surface area contributed by atoms with Crippen LogP contribution in [0.15, 0.2) is 72.8 Å². The molecule has 27 heavy (non-hydrogen) atoms. The number of nitrogens with two attached hydrogens (primary N) is 1. The Hall–Kier alpha value is -2.27. The van der Waals surface area contributed by atoms with Crippen LogP contribution < -0.4 is 21.4 Å². The van der Waals surface area contributed by atoms with Crippen LogP contribution in [0, 0.1) is 6.92 Å². The molecule has 0 aromatic heterocycles. The number of rotatable bonds is 8. The summed E-state index contributed by atoms with van der Waals surface area (Å²) in [4.78, 5) is 0. The van der Waals surface area contributed by atoms with Crippen molar-refractivity contribution in [1.29, 1.82) is 0 Å². The minimum Gasteiger partial charge on any atom is -0.489 e. The summed E-state index contributed by atoms with van der Waals surface area (Å²) < 4.78 is 11.8. The predicted octanol–water partition coefficient (Wildman–Crippen LogP) is 3.31. The Bertz CT molecular complexity index is 856. The highest BCUT2D eigenvalue weighted by molar-refractivity contribution is 6.80. The van der Waals surface area contributed by atoms with Gasteiger partial charge in [0.1, 0.15) is 12.4 Å². The molecule has 2 N–H and O–H groups in total. The Labute approximate surface area is 166 Å². The fourth-order valence-corrected chi connectivity index (χ4v) is 3.08. The Balaban J connectivity index is 1.79. The van der Waals surface area contributed by atoms with Gasteiger partial charge in [0.25, 0.3) is 0 Å². The molecule has 5 heteroatoms. The van der Waals surface area contributed by atoms with Gasteiger partial charge in [-0.25, -0.2) is 0 Å². The average molecular weight is 380 g/mol. The molecule has 0 spiro atoms. The summed E-state index contributed by atoms with van der Waals surface area (Å²) in [6.07, 6.45) is 0. The van der Waals surface area contributed by atoms with Crippen LogP contribution in [-0.2, 0) is 11.3 Å². The molecular weight excluding hydrogens is 357 g/mol. The lowest BCUT2D eigenvalue weighted by Gasteiger charge is -2.16. The zero-order chi connectivity index (χ0) is 19.1. The van der Waals surface area contributed by atoms with Gasteiger partial charge in [0.2, 0.25) is 0 Å². The van der Waals surface area contributed by atoms with Crippen molar-refractivity contribution in [2.24, 2.45) is 5.73 Å².